The average Bonchev–Trinajstić information content (AvgIpc) is 2.32. The minimum absolute atomic E-state index is 0.814. The van der Waals surface area contributed by atoms with E-state index in [0.717, 1.165) is 18.5 Å². The van der Waals surface area contributed by atoms with Gasteiger partial charge in [0, 0.05) is 6.04 Å². The van der Waals surface area contributed by atoms with Crippen LogP contribution < -0.4 is 5.73 Å². The lowest BCUT2D eigenvalue weighted by atomic mass is 9.96. The number of nitrogens with zero attached hydrogens (tertiary/aromatic N) is 1. The summed E-state index contributed by atoms with van der Waals surface area (Å²) in [6, 6.07) is 0.888. The summed E-state index contributed by atoms with van der Waals surface area (Å²) in [7, 11) is 0. The van der Waals surface area contributed by atoms with E-state index < -0.39 is 0 Å². The molecule has 0 bridgehead atoms. The molecule has 2 N–H and O–H groups in total. The van der Waals surface area contributed by atoms with E-state index in [2.05, 4.69) is 18.7 Å². The fraction of sp³-hybridized carbons (Fsp3) is 1.00. The first-order valence-electron chi connectivity index (χ1n) is 7.72. The molecule has 2 atom stereocenters. The molecule has 2 heteroatoms. The first-order chi connectivity index (χ1) is 8.27. The van der Waals surface area contributed by atoms with Crippen LogP contribution in [0.4, 0.5) is 0 Å². The largest absolute Gasteiger partial charge is 0.330 e. The number of piperidine rings is 1. The summed E-state index contributed by atoms with van der Waals surface area (Å²) in [5.74, 6) is 0.814. The van der Waals surface area contributed by atoms with Gasteiger partial charge in [0.1, 0.15) is 0 Å². The van der Waals surface area contributed by atoms with E-state index in [9.17, 15) is 0 Å². The first kappa shape index (κ1) is 15.0. The minimum atomic E-state index is 0.814. The Morgan fingerprint density at radius 3 is 2.82 bits per heavy atom. The molecule has 0 aromatic carbocycles. The Bertz CT molecular complexity index is 180. The van der Waals surface area contributed by atoms with Crippen LogP contribution in [-0.4, -0.2) is 30.6 Å². The lowest BCUT2D eigenvalue weighted by Gasteiger charge is -2.36. The van der Waals surface area contributed by atoms with Crippen LogP contribution in [0.15, 0.2) is 0 Å². The average molecular weight is 240 g/mol. The maximum Gasteiger partial charge on any atom is 0.00951 e. The molecule has 1 aliphatic heterocycles. The number of likely N-dealkylation sites (tertiary alicyclic amines) is 1. The van der Waals surface area contributed by atoms with Gasteiger partial charge in [0.15, 0.2) is 0 Å². The van der Waals surface area contributed by atoms with Crippen molar-refractivity contribution in [2.45, 2.75) is 71.3 Å². The Hall–Kier alpha value is -0.0800. The van der Waals surface area contributed by atoms with E-state index in [1.54, 1.807) is 0 Å². The Morgan fingerprint density at radius 2 is 2.12 bits per heavy atom. The number of nitrogens with two attached hydrogens (primary N) is 1. The summed E-state index contributed by atoms with van der Waals surface area (Å²) in [4.78, 5) is 2.75. The zero-order valence-corrected chi connectivity index (χ0v) is 12.0. The molecule has 1 saturated heterocycles. The normalized spacial score (nSPS) is 23.8. The summed E-state index contributed by atoms with van der Waals surface area (Å²) >= 11 is 0. The van der Waals surface area contributed by atoms with Crippen molar-refractivity contribution in [1.82, 2.24) is 4.90 Å². The fourth-order valence-electron chi connectivity index (χ4n) is 3.09. The van der Waals surface area contributed by atoms with Crippen LogP contribution in [0, 0.1) is 5.92 Å². The molecule has 0 aromatic rings. The molecule has 2 nitrogen and oxygen atoms in total. The highest BCUT2D eigenvalue weighted by molar-refractivity contribution is 4.76. The van der Waals surface area contributed by atoms with Crippen LogP contribution in [0.3, 0.4) is 0 Å². The topological polar surface area (TPSA) is 29.3 Å². The second kappa shape index (κ2) is 8.93. The molecule has 0 aromatic heterocycles. The maximum atomic E-state index is 5.60. The van der Waals surface area contributed by atoms with Crippen LogP contribution in [-0.2, 0) is 0 Å². The van der Waals surface area contributed by atoms with E-state index in [-0.39, 0.29) is 0 Å². The monoisotopic (exact) mass is 240 g/mol. The van der Waals surface area contributed by atoms with Gasteiger partial charge in [0.2, 0.25) is 0 Å². The van der Waals surface area contributed by atoms with Gasteiger partial charge in [0.25, 0.3) is 0 Å². The Balaban J connectivity index is 2.18. The third-order valence-corrected chi connectivity index (χ3v) is 4.17. The third kappa shape index (κ3) is 5.87. The summed E-state index contributed by atoms with van der Waals surface area (Å²) < 4.78 is 0. The highest BCUT2D eigenvalue weighted by atomic mass is 15.2. The zero-order chi connectivity index (χ0) is 12.5. The van der Waals surface area contributed by atoms with Gasteiger partial charge >= 0.3 is 0 Å². The first-order valence-corrected chi connectivity index (χ1v) is 7.72. The lowest BCUT2D eigenvalue weighted by Crippen LogP contribution is -2.40. The molecule has 17 heavy (non-hydrogen) atoms. The summed E-state index contributed by atoms with van der Waals surface area (Å²) in [5.41, 5.74) is 5.60. The number of hydrogen-bond acceptors (Lipinski definition) is 2. The van der Waals surface area contributed by atoms with Crippen molar-refractivity contribution in [2.75, 3.05) is 19.6 Å². The van der Waals surface area contributed by atoms with Gasteiger partial charge in [-0.05, 0) is 64.1 Å². The molecule has 1 aliphatic rings. The molecule has 0 saturated carbocycles. The van der Waals surface area contributed by atoms with Gasteiger partial charge in [-0.2, -0.15) is 0 Å². The van der Waals surface area contributed by atoms with E-state index >= 15 is 0 Å². The van der Waals surface area contributed by atoms with Crippen LogP contribution in [0.1, 0.15) is 65.2 Å². The molecule has 2 unspecified atom stereocenters. The van der Waals surface area contributed by atoms with Gasteiger partial charge in [-0.15, -0.1) is 0 Å². The van der Waals surface area contributed by atoms with Gasteiger partial charge < -0.3 is 10.6 Å². The summed E-state index contributed by atoms with van der Waals surface area (Å²) in [6.07, 6.45) is 10.9. The molecule has 0 spiro atoms. The fourth-order valence-corrected chi connectivity index (χ4v) is 3.09. The molecular formula is C15H32N2. The Labute approximate surface area is 108 Å². The summed E-state index contributed by atoms with van der Waals surface area (Å²) in [5, 5.41) is 0. The SMILES string of the molecule is CCCC1CCCCN1CCCC(C)CCN. The van der Waals surface area contributed by atoms with Crippen molar-refractivity contribution in [3.05, 3.63) is 0 Å². The smallest absolute Gasteiger partial charge is 0.00951 e. The van der Waals surface area contributed by atoms with Crippen LogP contribution in [0.5, 0.6) is 0 Å². The summed E-state index contributed by atoms with van der Waals surface area (Å²) in [6.45, 7) is 8.17. The minimum Gasteiger partial charge on any atom is -0.330 e. The van der Waals surface area contributed by atoms with Crippen molar-refractivity contribution < 1.29 is 0 Å². The highest BCUT2D eigenvalue weighted by Gasteiger charge is 2.20. The van der Waals surface area contributed by atoms with Crippen molar-refractivity contribution in [3.8, 4) is 0 Å². The van der Waals surface area contributed by atoms with E-state index in [1.165, 1.54) is 64.5 Å². The van der Waals surface area contributed by atoms with E-state index in [1.807, 2.05) is 0 Å². The van der Waals surface area contributed by atoms with E-state index in [0.29, 0.717) is 0 Å². The van der Waals surface area contributed by atoms with Gasteiger partial charge in [0.05, 0.1) is 0 Å². The zero-order valence-electron chi connectivity index (χ0n) is 12.0. The van der Waals surface area contributed by atoms with Gasteiger partial charge in [-0.1, -0.05) is 26.7 Å². The standard InChI is InChI=1S/C15H32N2/c1-3-7-15-9-4-5-12-17(15)13-6-8-14(2)10-11-16/h14-15H,3-13,16H2,1-2H3. The quantitative estimate of drug-likeness (QED) is 0.704. The molecule has 1 heterocycles. The predicted molar refractivity (Wildman–Crippen MR) is 76.2 cm³/mol. The molecular weight excluding hydrogens is 208 g/mol. The Morgan fingerprint density at radius 1 is 1.29 bits per heavy atom. The van der Waals surface area contributed by atoms with Crippen molar-refractivity contribution in [1.29, 1.82) is 0 Å². The van der Waals surface area contributed by atoms with Crippen molar-refractivity contribution in [3.63, 3.8) is 0 Å². The highest BCUT2D eigenvalue weighted by Crippen LogP contribution is 2.21. The van der Waals surface area contributed by atoms with Crippen molar-refractivity contribution >= 4 is 0 Å². The molecule has 1 rings (SSSR count). The van der Waals surface area contributed by atoms with Crippen LogP contribution in [0.2, 0.25) is 0 Å². The maximum absolute atomic E-state index is 5.60. The van der Waals surface area contributed by atoms with E-state index in [4.69, 9.17) is 5.73 Å². The molecule has 102 valence electrons. The second-order valence-corrected chi connectivity index (χ2v) is 5.80. The molecule has 0 radical (unpaired) electrons. The third-order valence-electron chi connectivity index (χ3n) is 4.17. The van der Waals surface area contributed by atoms with Crippen LogP contribution in [0.25, 0.3) is 0 Å². The van der Waals surface area contributed by atoms with Crippen molar-refractivity contribution in [2.24, 2.45) is 11.7 Å². The van der Waals surface area contributed by atoms with Gasteiger partial charge in [-0.25, -0.2) is 0 Å². The number of hydrogen-bond donors (Lipinski definition) is 1. The predicted octanol–water partition coefficient (Wildman–Crippen LogP) is 3.41. The molecule has 0 amide bonds. The molecule has 1 fully saturated rings. The Kier molecular flexibility index (Phi) is 7.87. The molecule has 0 aliphatic carbocycles. The van der Waals surface area contributed by atoms with Crippen LogP contribution >= 0.6 is 0 Å². The second-order valence-electron chi connectivity index (χ2n) is 5.80. The number of rotatable bonds is 8. The van der Waals surface area contributed by atoms with Gasteiger partial charge in [-0.3, -0.25) is 0 Å². The lowest BCUT2D eigenvalue weighted by molar-refractivity contribution is 0.135.